The Morgan fingerprint density at radius 1 is 1.53 bits per heavy atom. The number of nitrogens with one attached hydrogen (secondary N) is 1. The van der Waals surface area contributed by atoms with E-state index in [0.717, 1.165) is 0 Å². The molecule has 9 nitrogen and oxygen atoms in total. The van der Waals surface area contributed by atoms with E-state index in [-0.39, 0.29) is 11.5 Å². The standard InChI is InChI=1S/C10H13N7O2/c1-16-4-7(12-5-16)10(18)14-9-6(8(11)15-19)3-13-17(9)2/h3-5,19H,1-2H3,(H2,11,15)(H,14,18). The highest BCUT2D eigenvalue weighted by Gasteiger charge is 2.17. The fourth-order valence-corrected chi connectivity index (χ4v) is 1.53. The summed E-state index contributed by atoms with van der Waals surface area (Å²) in [6, 6.07) is 0. The molecule has 2 aromatic heterocycles. The van der Waals surface area contributed by atoms with Crippen LogP contribution >= 0.6 is 0 Å². The molecule has 19 heavy (non-hydrogen) atoms. The van der Waals surface area contributed by atoms with Gasteiger partial charge in [-0.1, -0.05) is 5.16 Å². The van der Waals surface area contributed by atoms with E-state index in [4.69, 9.17) is 10.9 Å². The molecule has 2 rings (SSSR count). The predicted octanol–water partition coefficient (Wildman–Crippen LogP) is -0.500. The fourth-order valence-electron chi connectivity index (χ4n) is 1.53. The van der Waals surface area contributed by atoms with E-state index in [1.54, 1.807) is 24.9 Å². The van der Waals surface area contributed by atoms with E-state index in [1.165, 1.54) is 17.2 Å². The number of hydrogen-bond donors (Lipinski definition) is 3. The summed E-state index contributed by atoms with van der Waals surface area (Å²) in [6.45, 7) is 0. The lowest BCUT2D eigenvalue weighted by Crippen LogP contribution is -2.20. The highest BCUT2D eigenvalue weighted by Crippen LogP contribution is 2.14. The Labute approximate surface area is 108 Å². The van der Waals surface area contributed by atoms with Gasteiger partial charge in [-0.2, -0.15) is 5.10 Å². The lowest BCUT2D eigenvalue weighted by molar-refractivity contribution is 0.102. The SMILES string of the molecule is Cn1cnc(C(=O)Nc2c(C(N)=NO)cnn2C)c1. The molecule has 0 aliphatic rings. The molecule has 100 valence electrons. The number of carbonyl (C=O) groups excluding carboxylic acids is 1. The number of aromatic nitrogens is 4. The van der Waals surface area contributed by atoms with Crippen molar-refractivity contribution < 1.29 is 10.0 Å². The maximum absolute atomic E-state index is 12.0. The van der Waals surface area contributed by atoms with E-state index in [1.807, 2.05) is 0 Å². The van der Waals surface area contributed by atoms with Crippen molar-refractivity contribution in [2.75, 3.05) is 5.32 Å². The summed E-state index contributed by atoms with van der Waals surface area (Å²) in [6.07, 6.45) is 4.49. The second-order valence-electron chi connectivity index (χ2n) is 3.89. The first kappa shape index (κ1) is 12.6. The number of rotatable bonds is 3. The van der Waals surface area contributed by atoms with Crippen LogP contribution < -0.4 is 11.1 Å². The zero-order chi connectivity index (χ0) is 14.0. The van der Waals surface area contributed by atoms with Gasteiger partial charge in [-0.3, -0.25) is 9.48 Å². The molecular weight excluding hydrogens is 250 g/mol. The minimum atomic E-state index is -0.406. The Bertz CT molecular complexity index is 640. The van der Waals surface area contributed by atoms with Gasteiger partial charge in [0.05, 0.1) is 18.1 Å². The number of oxime groups is 1. The van der Waals surface area contributed by atoms with Gasteiger partial charge < -0.3 is 20.8 Å². The molecule has 9 heteroatoms. The van der Waals surface area contributed by atoms with E-state index >= 15 is 0 Å². The Balaban J connectivity index is 2.29. The molecule has 0 spiro atoms. The van der Waals surface area contributed by atoms with Crippen LogP contribution in [0.2, 0.25) is 0 Å². The first-order chi connectivity index (χ1) is 9.02. The first-order valence-electron chi connectivity index (χ1n) is 5.32. The molecule has 2 heterocycles. The quantitative estimate of drug-likeness (QED) is 0.298. The number of imidazole rings is 1. The van der Waals surface area contributed by atoms with Crippen LogP contribution in [0.4, 0.5) is 5.82 Å². The number of amidine groups is 1. The summed E-state index contributed by atoms with van der Waals surface area (Å²) in [5, 5.41) is 18.1. The number of hydrogen-bond acceptors (Lipinski definition) is 5. The van der Waals surface area contributed by atoms with Crippen LogP contribution in [0.25, 0.3) is 0 Å². The highest BCUT2D eigenvalue weighted by atomic mass is 16.4. The Morgan fingerprint density at radius 3 is 2.84 bits per heavy atom. The molecule has 0 saturated heterocycles. The van der Waals surface area contributed by atoms with Crippen molar-refractivity contribution in [2.45, 2.75) is 0 Å². The first-order valence-corrected chi connectivity index (χ1v) is 5.32. The van der Waals surface area contributed by atoms with Crippen LogP contribution in [0, 0.1) is 0 Å². The largest absolute Gasteiger partial charge is 0.409 e. The molecule has 0 aliphatic heterocycles. The van der Waals surface area contributed by atoms with Gasteiger partial charge in [0, 0.05) is 20.3 Å². The molecule has 0 aromatic carbocycles. The molecule has 4 N–H and O–H groups in total. The van der Waals surface area contributed by atoms with Crippen LogP contribution in [0.15, 0.2) is 23.9 Å². The van der Waals surface area contributed by atoms with Crippen molar-refractivity contribution in [2.24, 2.45) is 25.0 Å². The van der Waals surface area contributed by atoms with Crippen molar-refractivity contribution in [3.05, 3.63) is 30.0 Å². The summed E-state index contributed by atoms with van der Waals surface area (Å²) >= 11 is 0. The van der Waals surface area contributed by atoms with Crippen molar-refractivity contribution in [1.29, 1.82) is 0 Å². The molecule has 0 unspecified atom stereocenters. The Morgan fingerprint density at radius 2 is 2.26 bits per heavy atom. The zero-order valence-corrected chi connectivity index (χ0v) is 10.4. The number of carbonyl (C=O) groups is 1. The molecule has 2 aromatic rings. The lowest BCUT2D eigenvalue weighted by atomic mass is 10.3. The highest BCUT2D eigenvalue weighted by molar-refractivity contribution is 6.08. The summed E-state index contributed by atoms with van der Waals surface area (Å²) < 4.78 is 3.07. The number of amides is 1. The van der Waals surface area contributed by atoms with Gasteiger partial charge in [0.15, 0.2) is 5.84 Å². The summed E-state index contributed by atoms with van der Waals surface area (Å²) in [7, 11) is 3.39. The number of aryl methyl sites for hydroxylation is 2. The monoisotopic (exact) mass is 263 g/mol. The van der Waals surface area contributed by atoms with Crippen molar-refractivity contribution in [1.82, 2.24) is 19.3 Å². The van der Waals surface area contributed by atoms with E-state index in [2.05, 4.69) is 20.6 Å². The second kappa shape index (κ2) is 4.80. The zero-order valence-electron chi connectivity index (χ0n) is 10.4. The minimum absolute atomic E-state index is 0.135. The average Bonchev–Trinajstić information content (AvgIpc) is 2.96. The average molecular weight is 263 g/mol. The van der Waals surface area contributed by atoms with Gasteiger partial charge in [-0.25, -0.2) is 4.98 Å². The normalized spacial score (nSPS) is 11.6. The van der Waals surface area contributed by atoms with Gasteiger partial charge >= 0.3 is 0 Å². The third-order valence-electron chi connectivity index (χ3n) is 2.49. The third kappa shape index (κ3) is 2.39. The van der Waals surface area contributed by atoms with Crippen LogP contribution in [0.3, 0.4) is 0 Å². The van der Waals surface area contributed by atoms with Crippen molar-refractivity contribution in [3.8, 4) is 0 Å². The van der Waals surface area contributed by atoms with Crippen LogP contribution in [-0.2, 0) is 14.1 Å². The van der Waals surface area contributed by atoms with E-state index < -0.39 is 5.91 Å². The molecule has 0 bridgehead atoms. The molecule has 0 atom stereocenters. The molecule has 1 amide bonds. The number of anilines is 1. The summed E-state index contributed by atoms with van der Waals surface area (Å²) in [5.74, 6) is -0.216. The predicted molar refractivity (Wildman–Crippen MR) is 66.9 cm³/mol. The number of nitrogens with zero attached hydrogens (tertiary/aromatic N) is 5. The van der Waals surface area contributed by atoms with Gasteiger partial charge in [0.2, 0.25) is 0 Å². The van der Waals surface area contributed by atoms with Crippen molar-refractivity contribution in [3.63, 3.8) is 0 Å². The van der Waals surface area contributed by atoms with Gasteiger partial charge in [-0.15, -0.1) is 0 Å². The van der Waals surface area contributed by atoms with Crippen LogP contribution in [-0.4, -0.2) is 36.3 Å². The van der Waals surface area contributed by atoms with Gasteiger partial charge in [0.25, 0.3) is 5.91 Å². The van der Waals surface area contributed by atoms with Crippen LogP contribution in [0.5, 0.6) is 0 Å². The fraction of sp³-hybridized carbons (Fsp3) is 0.200. The molecular formula is C10H13N7O2. The smallest absolute Gasteiger partial charge is 0.277 e. The molecule has 0 fully saturated rings. The lowest BCUT2D eigenvalue weighted by Gasteiger charge is -2.06. The Hall–Kier alpha value is -2.84. The van der Waals surface area contributed by atoms with Gasteiger partial charge in [-0.05, 0) is 0 Å². The molecule has 0 aliphatic carbocycles. The topological polar surface area (TPSA) is 123 Å². The Kier molecular flexibility index (Phi) is 3.19. The third-order valence-corrected chi connectivity index (χ3v) is 2.49. The summed E-state index contributed by atoms with van der Waals surface area (Å²) in [5.41, 5.74) is 6.09. The maximum atomic E-state index is 12.0. The molecule has 0 radical (unpaired) electrons. The van der Waals surface area contributed by atoms with Crippen molar-refractivity contribution >= 4 is 17.6 Å². The maximum Gasteiger partial charge on any atom is 0.277 e. The van der Waals surface area contributed by atoms with Crippen LogP contribution in [0.1, 0.15) is 16.1 Å². The summed E-state index contributed by atoms with van der Waals surface area (Å²) in [4.78, 5) is 15.9. The van der Waals surface area contributed by atoms with E-state index in [0.29, 0.717) is 11.4 Å². The number of nitrogens with two attached hydrogens (primary N) is 1. The second-order valence-corrected chi connectivity index (χ2v) is 3.89. The minimum Gasteiger partial charge on any atom is -0.409 e. The molecule has 0 saturated carbocycles. The van der Waals surface area contributed by atoms with Gasteiger partial charge in [0.1, 0.15) is 11.5 Å². The van der Waals surface area contributed by atoms with E-state index in [9.17, 15) is 4.79 Å².